The number of hydrogen-bond acceptors (Lipinski definition) is 5. The molecule has 0 atom stereocenters. The molecule has 2 rings (SSSR count). The number of rotatable bonds is 8. The van der Waals surface area contributed by atoms with E-state index in [2.05, 4.69) is 5.32 Å². The first kappa shape index (κ1) is 21.3. The molecule has 8 nitrogen and oxygen atoms in total. The quantitative estimate of drug-likeness (QED) is 0.413. The number of benzene rings is 2. The van der Waals surface area contributed by atoms with Gasteiger partial charge in [0.05, 0.1) is 9.82 Å². The van der Waals surface area contributed by atoms with E-state index >= 15 is 0 Å². The molecular formula is C19H21N3O5S. The minimum absolute atomic E-state index is 0.119. The van der Waals surface area contributed by atoms with Crippen LogP contribution in [0.1, 0.15) is 19.4 Å². The van der Waals surface area contributed by atoms with E-state index in [1.807, 2.05) is 0 Å². The molecule has 148 valence electrons. The monoisotopic (exact) mass is 403 g/mol. The van der Waals surface area contributed by atoms with Gasteiger partial charge in [0.25, 0.3) is 5.69 Å². The Morgan fingerprint density at radius 2 is 1.79 bits per heavy atom. The second-order valence-electron chi connectivity index (χ2n) is 5.79. The lowest BCUT2D eigenvalue weighted by Gasteiger charge is -2.18. The third kappa shape index (κ3) is 5.24. The van der Waals surface area contributed by atoms with Crippen molar-refractivity contribution in [3.8, 4) is 0 Å². The average molecular weight is 403 g/mol. The molecule has 0 aromatic heterocycles. The molecule has 0 aliphatic carbocycles. The summed E-state index contributed by atoms with van der Waals surface area (Å²) in [5.74, 6) is -0.458. The Kier molecular flexibility index (Phi) is 7.02. The van der Waals surface area contributed by atoms with Crippen molar-refractivity contribution < 1.29 is 18.1 Å². The molecule has 2 aromatic rings. The number of nitrogens with one attached hydrogen (secondary N) is 1. The smallest absolute Gasteiger partial charge is 0.271 e. The summed E-state index contributed by atoms with van der Waals surface area (Å²) in [7, 11) is -3.53. The summed E-state index contributed by atoms with van der Waals surface area (Å²) in [6, 6.07) is 11.8. The second-order valence-corrected chi connectivity index (χ2v) is 7.73. The van der Waals surface area contributed by atoms with Crippen molar-refractivity contribution >= 4 is 33.4 Å². The number of sulfonamides is 1. The number of amides is 1. The topological polar surface area (TPSA) is 110 Å². The number of carbonyl (C=O) groups excluding carboxylic acids is 1. The molecular weight excluding hydrogens is 382 g/mol. The Balaban J connectivity index is 2.07. The maximum Gasteiger partial charge on any atom is 0.271 e. The molecule has 0 aliphatic rings. The number of non-ortho nitro benzene ring substituents is 1. The lowest BCUT2D eigenvalue weighted by molar-refractivity contribution is -0.384. The molecule has 0 fully saturated rings. The highest BCUT2D eigenvalue weighted by Crippen LogP contribution is 2.18. The third-order valence-electron chi connectivity index (χ3n) is 3.97. The lowest BCUT2D eigenvalue weighted by atomic mass is 10.2. The van der Waals surface area contributed by atoms with E-state index < -0.39 is 20.9 Å². The van der Waals surface area contributed by atoms with Gasteiger partial charge in [-0.05, 0) is 29.8 Å². The number of carbonyl (C=O) groups is 1. The lowest BCUT2D eigenvalue weighted by Crippen LogP contribution is -2.30. The normalized spacial score (nSPS) is 11.7. The van der Waals surface area contributed by atoms with E-state index in [0.717, 1.165) is 0 Å². The highest BCUT2D eigenvalue weighted by Gasteiger charge is 2.20. The van der Waals surface area contributed by atoms with Gasteiger partial charge >= 0.3 is 0 Å². The second kappa shape index (κ2) is 9.25. The van der Waals surface area contributed by atoms with Gasteiger partial charge < -0.3 is 5.32 Å². The van der Waals surface area contributed by atoms with Crippen LogP contribution < -0.4 is 5.32 Å². The fourth-order valence-electron chi connectivity index (χ4n) is 2.52. The molecule has 1 N–H and O–H groups in total. The highest BCUT2D eigenvalue weighted by molar-refractivity contribution is 7.89. The predicted molar refractivity (Wildman–Crippen MR) is 107 cm³/mol. The average Bonchev–Trinajstić information content (AvgIpc) is 2.67. The number of anilines is 1. The van der Waals surface area contributed by atoms with Crippen LogP contribution in [0.3, 0.4) is 0 Å². The summed E-state index contributed by atoms with van der Waals surface area (Å²) in [4.78, 5) is 22.4. The number of nitro groups is 1. The third-order valence-corrected chi connectivity index (χ3v) is 6.04. The van der Waals surface area contributed by atoms with E-state index in [9.17, 15) is 23.3 Å². The van der Waals surface area contributed by atoms with E-state index in [-0.39, 0.29) is 10.6 Å². The van der Waals surface area contributed by atoms with E-state index in [0.29, 0.717) is 24.3 Å². The van der Waals surface area contributed by atoms with Crippen LogP contribution in [0.2, 0.25) is 0 Å². The first-order chi connectivity index (χ1) is 13.3. The molecule has 0 aliphatic heterocycles. The van der Waals surface area contributed by atoms with Crippen LogP contribution in [-0.4, -0.2) is 36.6 Å². The van der Waals surface area contributed by atoms with E-state index in [1.54, 1.807) is 32.0 Å². The van der Waals surface area contributed by atoms with Crippen LogP contribution in [0.15, 0.2) is 59.5 Å². The van der Waals surface area contributed by atoms with Crippen molar-refractivity contribution in [1.29, 1.82) is 0 Å². The number of hydrogen-bond donors (Lipinski definition) is 1. The minimum Gasteiger partial charge on any atom is -0.322 e. The fraction of sp³-hybridized carbons (Fsp3) is 0.211. The Hall–Kier alpha value is -3.04. The summed E-state index contributed by atoms with van der Waals surface area (Å²) in [6.07, 6.45) is 2.80. The molecule has 9 heteroatoms. The Morgan fingerprint density at radius 1 is 1.14 bits per heavy atom. The molecule has 0 saturated heterocycles. The van der Waals surface area contributed by atoms with Crippen molar-refractivity contribution in [3.63, 3.8) is 0 Å². The van der Waals surface area contributed by atoms with Gasteiger partial charge in [-0.15, -0.1) is 0 Å². The van der Waals surface area contributed by atoms with Crippen molar-refractivity contribution in [3.05, 3.63) is 70.3 Å². The zero-order valence-electron chi connectivity index (χ0n) is 15.5. The molecule has 28 heavy (non-hydrogen) atoms. The van der Waals surface area contributed by atoms with Crippen LogP contribution in [0.5, 0.6) is 0 Å². The molecule has 0 bridgehead atoms. The van der Waals surface area contributed by atoms with Gasteiger partial charge in [-0.3, -0.25) is 14.9 Å². The van der Waals surface area contributed by atoms with Gasteiger partial charge in [-0.25, -0.2) is 8.42 Å². The maximum absolute atomic E-state index is 12.4. The van der Waals surface area contributed by atoms with Gasteiger partial charge in [-0.2, -0.15) is 4.31 Å². The molecule has 0 spiro atoms. The SMILES string of the molecule is CCN(CC)S(=O)(=O)c1ccc(C=CC(=O)Nc2cccc([N+](=O)[O-])c2)cc1. The standard InChI is InChI=1S/C19H21N3O5S/c1-3-21(4-2)28(26,27)18-11-8-15(9-12-18)10-13-19(23)20-16-6-5-7-17(14-16)22(24)25/h5-14H,3-4H2,1-2H3,(H,20,23). The van der Waals surface area contributed by atoms with Gasteiger partial charge in [0.2, 0.25) is 15.9 Å². The summed E-state index contributed by atoms with van der Waals surface area (Å²) >= 11 is 0. The van der Waals surface area contributed by atoms with Crippen molar-refractivity contribution in [2.24, 2.45) is 0 Å². The first-order valence-electron chi connectivity index (χ1n) is 8.61. The zero-order chi connectivity index (χ0) is 20.7. The van der Waals surface area contributed by atoms with Crippen LogP contribution in [0.4, 0.5) is 11.4 Å². The van der Waals surface area contributed by atoms with Crippen LogP contribution in [-0.2, 0) is 14.8 Å². The zero-order valence-corrected chi connectivity index (χ0v) is 16.3. The first-order valence-corrected chi connectivity index (χ1v) is 10.1. The molecule has 0 saturated carbocycles. The number of nitrogens with zero attached hydrogens (tertiary/aromatic N) is 2. The highest BCUT2D eigenvalue weighted by atomic mass is 32.2. The Labute approximate surface area is 163 Å². The van der Waals surface area contributed by atoms with Crippen LogP contribution >= 0.6 is 0 Å². The van der Waals surface area contributed by atoms with Crippen molar-refractivity contribution in [1.82, 2.24) is 4.31 Å². The molecule has 2 aromatic carbocycles. The minimum atomic E-state index is -3.53. The molecule has 0 unspecified atom stereocenters. The van der Waals surface area contributed by atoms with E-state index in [1.165, 1.54) is 46.8 Å². The summed E-state index contributed by atoms with van der Waals surface area (Å²) in [6.45, 7) is 4.33. The van der Waals surface area contributed by atoms with E-state index in [4.69, 9.17) is 0 Å². The largest absolute Gasteiger partial charge is 0.322 e. The van der Waals surface area contributed by atoms with Crippen molar-refractivity contribution in [2.75, 3.05) is 18.4 Å². The van der Waals surface area contributed by atoms with Crippen molar-refractivity contribution in [2.45, 2.75) is 18.7 Å². The summed E-state index contributed by atoms with van der Waals surface area (Å²) < 4.78 is 26.3. The molecule has 0 heterocycles. The Morgan fingerprint density at radius 3 is 2.36 bits per heavy atom. The predicted octanol–water partition coefficient (Wildman–Crippen LogP) is 3.28. The summed E-state index contributed by atoms with van der Waals surface area (Å²) in [5.41, 5.74) is 0.837. The summed E-state index contributed by atoms with van der Waals surface area (Å²) in [5, 5.41) is 13.3. The fourth-order valence-corrected chi connectivity index (χ4v) is 3.97. The van der Waals surface area contributed by atoms with Gasteiger partial charge in [0, 0.05) is 37.0 Å². The van der Waals surface area contributed by atoms with Crippen LogP contribution in [0.25, 0.3) is 6.08 Å². The van der Waals surface area contributed by atoms with Gasteiger partial charge in [0.1, 0.15) is 0 Å². The van der Waals surface area contributed by atoms with Gasteiger partial charge in [0.15, 0.2) is 0 Å². The van der Waals surface area contributed by atoms with Gasteiger partial charge in [-0.1, -0.05) is 32.0 Å². The Bertz CT molecular complexity index is 981. The molecule has 0 radical (unpaired) electrons. The maximum atomic E-state index is 12.4. The molecule has 1 amide bonds. The van der Waals surface area contributed by atoms with Crippen LogP contribution in [0, 0.1) is 10.1 Å². The number of nitro benzene ring substituents is 1.